The van der Waals surface area contributed by atoms with Gasteiger partial charge >= 0.3 is 6.18 Å². The van der Waals surface area contributed by atoms with E-state index in [1.807, 2.05) is 31.9 Å². The van der Waals surface area contributed by atoms with Crippen LogP contribution in [0.1, 0.15) is 25.8 Å². The Balaban J connectivity index is 1.73. The van der Waals surface area contributed by atoms with Gasteiger partial charge in [-0.3, -0.25) is 14.5 Å². The highest BCUT2D eigenvalue weighted by molar-refractivity contribution is 6.11. The molecule has 11 heteroatoms. The van der Waals surface area contributed by atoms with Gasteiger partial charge in [-0.15, -0.1) is 0 Å². The molecule has 2 N–H and O–H groups in total. The van der Waals surface area contributed by atoms with Gasteiger partial charge < -0.3 is 15.5 Å². The number of alkyl halides is 3. The van der Waals surface area contributed by atoms with E-state index in [0.717, 1.165) is 5.57 Å². The maximum atomic E-state index is 15.4. The van der Waals surface area contributed by atoms with Crippen molar-refractivity contribution >= 4 is 35.0 Å². The zero-order chi connectivity index (χ0) is 26.2. The van der Waals surface area contributed by atoms with Crippen molar-refractivity contribution in [3.8, 4) is 0 Å². The maximum Gasteiger partial charge on any atom is 0.414 e. The van der Waals surface area contributed by atoms with Gasteiger partial charge in [-0.1, -0.05) is 6.08 Å². The molecule has 3 aliphatic heterocycles. The topological polar surface area (TPSA) is 77.0 Å². The minimum Gasteiger partial charge on any atom is -0.367 e. The predicted octanol–water partition coefficient (Wildman–Crippen LogP) is 3.39. The molecule has 0 saturated carbocycles. The molecular formula is C25H29F4N5O2. The van der Waals surface area contributed by atoms with Crippen LogP contribution in [0.25, 0.3) is 5.57 Å². The Kier molecular flexibility index (Phi) is 7.33. The predicted molar refractivity (Wildman–Crippen MR) is 131 cm³/mol. The van der Waals surface area contributed by atoms with Crippen molar-refractivity contribution in [1.82, 2.24) is 10.2 Å². The second kappa shape index (κ2) is 10.1. The number of rotatable bonds is 4. The smallest absolute Gasteiger partial charge is 0.367 e. The fourth-order valence-electron chi connectivity index (χ4n) is 4.80. The first kappa shape index (κ1) is 26.0. The Hall–Kier alpha value is -3.05. The summed E-state index contributed by atoms with van der Waals surface area (Å²) >= 11 is 0. The van der Waals surface area contributed by atoms with Crippen LogP contribution in [0, 0.1) is 11.7 Å². The maximum absolute atomic E-state index is 15.4. The Labute approximate surface area is 206 Å². The largest absolute Gasteiger partial charge is 0.414 e. The lowest BCUT2D eigenvalue weighted by atomic mass is 9.95. The van der Waals surface area contributed by atoms with Gasteiger partial charge in [-0.25, -0.2) is 9.38 Å². The zero-order valence-electron chi connectivity index (χ0n) is 20.3. The molecule has 0 bridgehead atoms. The van der Waals surface area contributed by atoms with Crippen molar-refractivity contribution in [1.29, 1.82) is 0 Å². The van der Waals surface area contributed by atoms with Crippen molar-refractivity contribution in [3.05, 3.63) is 41.2 Å². The van der Waals surface area contributed by atoms with Crippen LogP contribution in [0.5, 0.6) is 0 Å². The lowest BCUT2D eigenvalue weighted by molar-refractivity contribution is -0.124. The van der Waals surface area contributed by atoms with E-state index in [1.165, 1.54) is 12.1 Å². The van der Waals surface area contributed by atoms with Crippen LogP contribution in [-0.2, 0) is 9.59 Å². The number of nitrogens with zero attached hydrogens (tertiary/aromatic N) is 3. The number of carbonyl (C=O) groups excluding carboxylic acids is 2. The van der Waals surface area contributed by atoms with Gasteiger partial charge in [0, 0.05) is 49.6 Å². The van der Waals surface area contributed by atoms with Crippen LogP contribution in [0.2, 0.25) is 0 Å². The second-order valence-corrected chi connectivity index (χ2v) is 9.48. The number of nitrogens with one attached hydrogen (secondary N) is 2. The summed E-state index contributed by atoms with van der Waals surface area (Å²) in [7, 11) is 2.00. The van der Waals surface area contributed by atoms with Crippen molar-refractivity contribution in [2.24, 2.45) is 10.9 Å². The second-order valence-electron chi connectivity index (χ2n) is 9.48. The molecule has 7 nitrogen and oxygen atoms in total. The molecule has 1 aromatic rings. The Morgan fingerprint density at radius 1 is 1.19 bits per heavy atom. The van der Waals surface area contributed by atoms with Gasteiger partial charge in [0.2, 0.25) is 5.91 Å². The average Bonchev–Trinajstić information content (AvgIpc) is 2.83. The first-order valence-corrected chi connectivity index (χ1v) is 11.8. The third-order valence-electron chi connectivity index (χ3n) is 7.03. The first-order valence-electron chi connectivity index (χ1n) is 11.8. The highest BCUT2D eigenvalue weighted by Gasteiger charge is 2.43. The Morgan fingerprint density at radius 3 is 2.50 bits per heavy atom. The van der Waals surface area contributed by atoms with E-state index in [2.05, 4.69) is 20.5 Å². The molecule has 4 rings (SSSR count). The van der Waals surface area contributed by atoms with Crippen LogP contribution >= 0.6 is 0 Å². The van der Waals surface area contributed by atoms with Crippen LogP contribution in [0.3, 0.4) is 0 Å². The fourth-order valence-corrected chi connectivity index (χ4v) is 4.80. The first-order chi connectivity index (χ1) is 17.0. The van der Waals surface area contributed by atoms with Crippen molar-refractivity contribution in [3.63, 3.8) is 0 Å². The van der Waals surface area contributed by atoms with Crippen molar-refractivity contribution in [2.45, 2.75) is 38.5 Å². The van der Waals surface area contributed by atoms with E-state index in [4.69, 9.17) is 0 Å². The number of halogens is 4. The molecule has 36 heavy (non-hydrogen) atoms. The molecule has 0 spiro atoms. The van der Waals surface area contributed by atoms with Gasteiger partial charge in [-0.05, 0) is 51.6 Å². The standard InChI is InChI=1S/C25H29F4N5O2/c1-14-12-34(13-15(2)33(14)3)22-10-20(26)17(16-4-6-30-7-5-16)8-21(22)32-24(36)18-11-31-23(35)9-19(18)25(27,28)29/h4,8-11,14-15,18,30H,5-7,12-13H2,1-3H3,(H,32,36)/t14-,15+,18?. The number of anilines is 2. The number of carbonyl (C=O) groups is 2. The average molecular weight is 508 g/mol. The number of aliphatic imine (C=N–C) groups is 1. The Morgan fingerprint density at radius 2 is 1.89 bits per heavy atom. The molecule has 3 atom stereocenters. The molecule has 2 amide bonds. The molecule has 194 valence electrons. The summed E-state index contributed by atoms with van der Waals surface area (Å²) in [5.74, 6) is -4.33. The molecule has 0 radical (unpaired) electrons. The third-order valence-corrected chi connectivity index (χ3v) is 7.03. The van der Waals surface area contributed by atoms with Crippen molar-refractivity contribution in [2.75, 3.05) is 43.4 Å². The van der Waals surface area contributed by atoms with E-state index in [0.29, 0.717) is 56.1 Å². The number of piperazine rings is 1. The van der Waals surface area contributed by atoms with E-state index in [1.54, 1.807) is 0 Å². The molecule has 1 aromatic carbocycles. The van der Waals surface area contributed by atoms with Gasteiger partial charge in [0.1, 0.15) is 11.7 Å². The summed E-state index contributed by atoms with van der Waals surface area (Å²) < 4.78 is 56.1. The summed E-state index contributed by atoms with van der Waals surface area (Å²) in [6, 6.07) is 3.10. The summed E-state index contributed by atoms with van der Waals surface area (Å²) in [6.45, 7) is 6.37. The van der Waals surface area contributed by atoms with Crippen LogP contribution < -0.4 is 15.5 Å². The molecule has 0 aromatic heterocycles. The lowest BCUT2D eigenvalue weighted by Crippen LogP contribution is -2.55. The molecule has 1 unspecified atom stereocenters. The molecule has 3 heterocycles. The van der Waals surface area contributed by atoms with Gasteiger partial charge in [0.15, 0.2) is 0 Å². The van der Waals surface area contributed by atoms with Gasteiger partial charge in [0.25, 0.3) is 5.91 Å². The minimum atomic E-state index is -4.89. The fraction of sp³-hybridized carbons (Fsp3) is 0.480. The summed E-state index contributed by atoms with van der Waals surface area (Å²) in [5.41, 5.74) is 0.379. The normalized spacial score (nSPS) is 25.5. The van der Waals surface area contributed by atoms with Gasteiger partial charge in [-0.2, -0.15) is 13.2 Å². The highest BCUT2D eigenvalue weighted by atomic mass is 19.4. The summed E-state index contributed by atoms with van der Waals surface area (Å²) in [5, 5.41) is 5.75. The zero-order valence-corrected chi connectivity index (χ0v) is 20.3. The quantitative estimate of drug-likeness (QED) is 0.612. The summed E-state index contributed by atoms with van der Waals surface area (Å²) in [6.07, 6.45) is -1.41. The number of amides is 2. The van der Waals surface area contributed by atoms with Crippen LogP contribution in [-0.4, -0.2) is 74.4 Å². The van der Waals surface area contributed by atoms with Crippen molar-refractivity contribution < 1.29 is 27.2 Å². The van der Waals surface area contributed by atoms with E-state index in [-0.39, 0.29) is 17.8 Å². The molecule has 3 aliphatic rings. The number of benzene rings is 1. The van der Waals surface area contributed by atoms with E-state index >= 15 is 4.39 Å². The number of dihydropyridines is 1. The number of hydrogen-bond acceptors (Lipinski definition) is 5. The van der Waals surface area contributed by atoms with E-state index < -0.39 is 35.3 Å². The van der Waals surface area contributed by atoms with Crippen LogP contribution in [0.4, 0.5) is 28.9 Å². The minimum absolute atomic E-state index is 0.128. The lowest BCUT2D eigenvalue weighted by Gasteiger charge is -2.44. The molecular weight excluding hydrogens is 478 g/mol. The summed E-state index contributed by atoms with van der Waals surface area (Å²) in [4.78, 5) is 32.1. The molecule has 1 saturated heterocycles. The SMILES string of the molecule is C[C@@H]1CN(c2cc(F)c(C3=CCNCC3)cc2NC(=O)C2C=NC(=O)C=C2C(F)(F)F)C[C@H](C)N1C. The number of hydrogen-bond donors (Lipinski definition) is 2. The van der Waals surface area contributed by atoms with E-state index in [9.17, 15) is 22.8 Å². The third kappa shape index (κ3) is 5.36. The monoisotopic (exact) mass is 507 g/mol. The number of likely N-dealkylation sites (N-methyl/N-ethyl adjacent to an activating group) is 1. The molecule has 0 aliphatic carbocycles. The highest BCUT2D eigenvalue weighted by Crippen LogP contribution is 2.37. The van der Waals surface area contributed by atoms with Gasteiger partial charge in [0.05, 0.1) is 16.9 Å². The Bertz CT molecular complexity index is 1130. The van der Waals surface area contributed by atoms with Crippen LogP contribution in [0.15, 0.2) is 34.9 Å². The molecule has 1 fully saturated rings.